The van der Waals surface area contributed by atoms with E-state index in [9.17, 15) is 4.79 Å². The molecule has 124 valence electrons. The summed E-state index contributed by atoms with van der Waals surface area (Å²) < 4.78 is 5.16. The van der Waals surface area contributed by atoms with E-state index in [0.29, 0.717) is 11.7 Å². The van der Waals surface area contributed by atoms with Gasteiger partial charge in [-0.3, -0.25) is 9.89 Å². The highest BCUT2D eigenvalue weighted by molar-refractivity contribution is 7.99. The Kier molecular flexibility index (Phi) is 5.65. The van der Waals surface area contributed by atoms with Crippen molar-refractivity contribution in [1.29, 1.82) is 0 Å². The van der Waals surface area contributed by atoms with E-state index < -0.39 is 0 Å². The molecule has 0 bridgehead atoms. The van der Waals surface area contributed by atoms with Crippen LogP contribution in [0.25, 0.3) is 0 Å². The van der Waals surface area contributed by atoms with Crippen molar-refractivity contribution in [3.8, 4) is 5.75 Å². The molecule has 0 unspecified atom stereocenters. The number of aromatic amines is 1. The molecular weight excluding hydrogens is 312 g/mol. The van der Waals surface area contributed by atoms with Gasteiger partial charge in [0.25, 0.3) is 0 Å². The summed E-state index contributed by atoms with van der Waals surface area (Å²) in [5, 5.41) is 10.5. The molecule has 0 aliphatic rings. The Labute approximate surface area is 140 Å². The van der Waals surface area contributed by atoms with Crippen LogP contribution < -0.4 is 10.1 Å². The molecule has 7 heteroatoms. The number of hydrogen-bond donors (Lipinski definition) is 2. The van der Waals surface area contributed by atoms with Gasteiger partial charge in [0.05, 0.1) is 12.9 Å². The van der Waals surface area contributed by atoms with Crippen LogP contribution in [0.1, 0.15) is 32.2 Å². The van der Waals surface area contributed by atoms with E-state index in [-0.39, 0.29) is 17.1 Å². The average molecular weight is 334 g/mol. The molecule has 1 aromatic heterocycles. The normalized spacial score (nSPS) is 11.3. The van der Waals surface area contributed by atoms with E-state index in [1.165, 1.54) is 11.8 Å². The van der Waals surface area contributed by atoms with Gasteiger partial charge in [-0.1, -0.05) is 44.7 Å². The number of ether oxygens (including phenoxy) is 1. The van der Waals surface area contributed by atoms with Crippen molar-refractivity contribution in [2.45, 2.75) is 37.9 Å². The molecule has 0 aliphatic carbocycles. The van der Waals surface area contributed by atoms with Crippen molar-refractivity contribution in [3.05, 3.63) is 35.7 Å². The highest BCUT2D eigenvalue weighted by Gasteiger charge is 2.19. The van der Waals surface area contributed by atoms with Gasteiger partial charge < -0.3 is 10.1 Å². The maximum absolute atomic E-state index is 11.9. The highest BCUT2D eigenvalue weighted by Crippen LogP contribution is 2.20. The number of H-pyrrole nitrogens is 1. The Balaban J connectivity index is 1.80. The highest BCUT2D eigenvalue weighted by atomic mass is 32.2. The van der Waals surface area contributed by atoms with Gasteiger partial charge in [-0.15, -0.1) is 5.10 Å². The molecule has 0 aliphatic heterocycles. The molecule has 0 radical (unpaired) electrons. The summed E-state index contributed by atoms with van der Waals surface area (Å²) >= 11 is 1.32. The third-order valence-electron chi connectivity index (χ3n) is 3.13. The third kappa shape index (κ3) is 5.28. The fourth-order valence-electron chi connectivity index (χ4n) is 1.81. The molecule has 0 saturated carbocycles. The summed E-state index contributed by atoms with van der Waals surface area (Å²) in [6.07, 6.45) is 0. The lowest BCUT2D eigenvalue weighted by Crippen LogP contribution is -2.24. The Morgan fingerprint density at radius 1 is 1.39 bits per heavy atom. The summed E-state index contributed by atoms with van der Waals surface area (Å²) in [4.78, 5) is 16.3. The largest absolute Gasteiger partial charge is 0.497 e. The number of carbonyl (C=O) groups is 1. The van der Waals surface area contributed by atoms with Crippen LogP contribution in [-0.2, 0) is 16.8 Å². The molecule has 6 nitrogen and oxygen atoms in total. The van der Waals surface area contributed by atoms with Crippen LogP contribution in [-0.4, -0.2) is 34.0 Å². The van der Waals surface area contributed by atoms with Gasteiger partial charge in [0.15, 0.2) is 0 Å². The molecule has 0 spiro atoms. The van der Waals surface area contributed by atoms with E-state index in [1.807, 2.05) is 24.3 Å². The zero-order chi connectivity index (χ0) is 16.9. The Bertz CT molecular complexity index is 664. The second kappa shape index (κ2) is 7.50. The first-order valence-electron chi connectivity index (χ1n) is 7.34. The number of hydrogen-bond acceptors (Lipinski definition) is 5. The molecule has 1 heterocycles. The topological polar surface area (TPSA) is 79.9 Å². The van der Waals surface area contributed by atoms with Crippen LogP contribution >= 0.6 is 11.8 Å². The van der Waals surface area contributed by atoms with Crippen molar-refractivity contribution < 1.29 is 9.53 Å². The van der Waals surface area contributed by atoms with Gasteiger partial charge in [0, 0.05) is 12.0 Å². The van der Waals surface area contributed by atoms with Crippen LogP contribution in [0.2, 0.25) is 0 Å². The molecule has 2 aromatic rings. The van der Waals surface area contributed by atoms with Crippen molar-refractivity contribution in [2.75, 3.05) is 12.9 Å². The molecule has 23 heavy (non-hydrogen) atoms. The molecule has 2 rings (SSSR count). The first-order valence-corrected chi connectivity index (χ1v) is 8.32. The number of nitrogens with one attached hydrogen (secondary N) is 2. The summed E-state index contributed by atoms with van der Waals surface area (Å²) in [5.41, 5.74) is 0.913. The first-order chi connectivity index (χ1) is 10.9. The molecule has 0 saturated heterocycles. The minimum absolute atomic E-state index is 0.0556. The maximum atomic E-state index is 11.9. The first kappa shape index (κ1) is 17.3. The SMILES string of the molecule is COc1cccc(CNC(=O)CSc2n[nH]c(C(C)(C)C)n2)c1. The van der Waals surface area contributed by atoms with Crippen LogP contribution in [0.4, 0.5) is 0 Å². The molecule has 0 fully saturated rings. The van der Waals surface area contributed by atoms with Crippen LogP contribution in [0.3, 0.4) is 0 Å². The minimum Gasteiger partial charge on any atom is -0.497 e. The van der Waals surface area contributed by atoms with E-state index in [0.717, 1.165) is 17.1 Å². The van der Waals surface area contributed by atoms with E-state index in [2.05, 4.69) is 41.3 Å². The van der Waals surface area contributed by atoms with Gasteiger partial charge in [0.2, 0.25) is 11.1 Å². The lowest BCUT2D eigenvalue weighted by Gasteiger charge is -2.12. The minimum atomic E-state index is -0.0829. The summed E-state index contributed by atoms with van der Waals surface area (Å²) in [6.45, 7) is 6.65. The van der Waals surface area contributed by atoms with Gasteiger partial charge in [0.1, 0.15) is 11.6 Å². The van der Waals surface area contributed by atoms with Gasteiger partial charge in [-0.05, 0) is 17.7 Å². The molecule has 1 amide bonds. The maximum Gasteiger partial charge on any atom is 0.230 e. The van der Waals surface area contributed by atoms with E-state index >= 15 is 0 Å². The zero-order valence-electron chi connectivity index (χ0n) is 13.8. The molecule has 1 aromatic carbocycles. The summed E-state index contributed by atoms with van der Waals surface area (Å²) in [7, 11) is 1.62. The van der Waals surface area contributed by atoms with Crippen LogP contribution in [0, 0.1) is 0 Å². The Morgan fingerprint density at radius 2 is 2.17 bits per heavy atom. The number of benzene rings is 1. The van der Waals surface area contributed by atoms with Crippen molar-refractivity contribution in [3.63, 3.8) is 0 Å². The second-order valence-electron chi connectivity index (χ2n) is 6.13. The standard InChI is InChI=1S/C16H22N4O2S/c1-16(2,3)14-18-15(20-19-14)23-10-13(21)17-9-11-6-5-7-12(8-11)22-4/h5-8H,9-10H2,1-4H3,(H,17,21)(H,18,19,20). The van der Waals surface area contributed by atoms with Crippen molar-refractivity contribution >= 4 is 17.7 Å². The van der Waals surface area contributed by atoms with Gasteiger partial charge in [-0.2, -0.15) is 0 Å². The number of aromatic nitrogens is 3. The lowest BCUT2D eigenvalue weighted by molar-refractivity contribution is -0.118. The van der Waals surface area contributed by atoms with Crippen molar-refractivity contribution in [1.82, 2.24) is 20.5 Å². The smallest absolute Gasteiger partial charge is 0.230 e. The predicted molar refractivity (Wildman–Crippen MR) is 90.6 cm³/mol. The number of rotatable bonds is 6. The Hall–Kier alpha value is -2.02. The number of thioether (sulfide) groups is 1. The van der Waals surface area contributed by atoms with E-state index in [4.69, 9.17) is 4.74 Å². The number of methoxy groups -OCH3 is 1. The fraction of sp³-hybridized carbons (Fsp3) is 0.438. The quantitative estimate of drug-likeness (QED) is 0.794. The predicted octanol–water partition coefficient (Wildman–Crippen LogP) is 2.52. The monoisotopic (exact) mass is 334 g/mol. The molecule has 0 atom stereocenters. The van der Waals surface area contributed by atoms with Crippen LogP contribution in [0.15, 0.2) is 29.4 Å². The van der Waals surface area contributed by atoms with Crippen LogP contribution in [0.5, 0.6) is 5.75 Å². The molecular formula is C16H22N4O2S. The Morgan fingerprint density at radius 3 is 2.83 bits per heavy atom. The summed E-state index contributed by atoms with van der Waals surface area (Å²) in [6, 6.07) is 7.62. The zero-order valence-corrected chi connectivity index (χ0v) is 14.7. The van der Waals surface area contributed by atoms with Gasteiger partial charge in [-0.25, -0.2) is 4.98 Å². The number of carbonyl (C=O) groups excluding carboxylic acids is 1. The molecule has 2 N–H and O–H groups in total. The van der Waals surface area contributed by atoms with Crippen molar-refractivity contribution in [2.24, 2.45) is 0 Å². The lowest BCUT2D eigenvalue weighted by atomic mass is 9.96. The summed E-state index contributed by atoms with van der Waals surface area (Å²) in [5.74, 6) is 1.82. The van der Waals surface area contributed by atoms with Gasteiger partial charge >= 0.3 is 0 Å². The fourth-order valence-corrected chi connectivity index (χ4v) is 2.44. The number of amides is 1. The third-order valence-corrected chi connectivity index (χ3v) is 3.98. The number of nitrogens with zero attached hydrogens (tertiary/aromatic N) is 2. The average Bonchev–Trinajstić information content (AvgIpc) is 3.00. The van der Waals surface area contributed by atoms with E-state index in [1.54, 1.807) is 7.11 Å². The second-order valence-corrected chi connectivity index (χ2v) is 7.08.